The lowest BCUT2D eigenvalue weighted by molar-refractivity contribution is -0.123. The van der Waals surface area contributed by atoms with Gasteiger partial charge in [0.2, 0.25) is 5.91 Å². The maximum Gasteiger partial charge on any atom is 0.241 e. The second kappa shape index (κ2) is 6.92. The normalized spacial score (nSPS) is 15.2. The Labute approximate surface area is 135 Å². The van der Waals surface area contributed by atoms with E-state index in [9.17, 15) is 9.18 Å². The van der Waals surface area contributed by atoms with Crippen molar-refractivity contribution in [3.8, 4) is 0 Å². The monoisotopic (exact) mass is 312 g/mol. The van der Waals surface area contributed by atoms with Gasteiger partial charge in [0.15, 0.2) is 0 Å². The van der Waals surface area contributed by atoms with Gasteiger partial charge in [-0.15, -0.1) is 0 Å². The van der Waals surface area contributed by atoms with Crippen LogP contribution in [-0.4, -0.2) is 11.9 Å². The number of carbonyl (C=O) groups is 1. The number of hydrogen-bond acceptors (Lipinski definition) is 2. The summed E-state index contributed by atoms with van der Waals surface area (Å²) in [6.07, 6.45) is 2.08. The van der Waals surface area contributed by atoms with Gasteiger partial charge in [-0.1, -0.05) is 36.4 Å². The first-order valence-electron chi connectivity index (χ1n) is 7.97. The highest BCUT2D eigenvalue weighted by atomic mass is 19.1. The first kappa shape index (κ1) is 15.7. The van der Waals surface area contributed by atoms with E-state index in [4.69, 9.17) is 0 Å². The summed E-state index contributed by atoms with van der Waals surface area (Å²) in [4.78, 5) is 12.5. The van der Waals surface area contributed by atoms with Crippen LogP contribution < -0.4 is 10.6 Å². The minimum atomic E-state index is -0.476. The fourth-order valence-corrected chi connectivity index (χ4v) is 2.55. The number of benzene rings is 2. The molecule has 0 aromatic heterocycles. The molecule has 1 unspecified atom stereocenters. The Hall–Kier alpha value is -2.20. The van der Waals surface area contributed by atoms with Crippen LogP contribution in [0.1, 0.15) is 35.6 Å². The van der Waals surface area contributed by atoms with E-state index in [2.05, 4.69) is 10.6 Å². The third-order valence-corrected chi connectivity index (χ3v) is 4.15. The molecule has 1 aliphatic rings. The zero-order valence-corrected chi connectivity index (χ0v) is 13.2. The molecule has 2 aromatic rings. The zero-order chi connectivity index (χ0) is 16.2. The van der Waals surface area contributed by atoms with Crippen molar-refractivity contribution < 1.29 is 9.18 Å². The molecule has 1 aliphatic carbocycles. The van der Waals surface area contributed by atoms with Gasteiger partial charge in [-0.3, -0.25) is 10.1 Å². The molecule has 1 saturated carbocycles. The van der Waals surface area contributed by atoms with Crippen LogP contribution in [-0.2, 0) is 11.3 Å². The van der Waals surface area contributed by atoms with Gasteiger partial charge in [0, 0.05) is 12.6 Å². The lowest BCUT2D eigenvalue weighted by Crippen LogP contribution is -2.38. The Morgan fingerprint density at radius 3 is 2.52 bits per heavy atom. The molecule has 2 N–H and O–H groups in total. The Bertz CT molecular complexity index is 680. The first-order chi connectivity index (χ1) is 11.1. The lowest BCUT2D eigenvalue weighted by Gasteiger charge is -2.19. The van der Waals surface area contributed by atoms with E-state index in [1.54, 1.807) is 12.1 Å². The number of aryl methyl sites for hydroxylation is 1. The molecule has 3 rings (SSSR count). The van der Waals surface area contributed by atoms with Crippen LogP contribution in [0.4, 0.5) is 4.39 Å². The first-order valence-corrected chi connectivity index (χ1v) is 7.97. The van der Waals surface area contributed by atoms with Gasteiger partial charge in [-0.25, -0.2) is 4.39 Å². The predicted octanol–water partition coefficient (Wildman–Crippen LogP) is 3.24. The largest absolute Gasteiger partial charge is 0.352 e. The summed E-state index contributed by atoms with van der Waals surface area (Å²) in [5.74, 6) is -0.346. The third-order valence-electron chi connectivity index (χ3n) is 4.15. The van der Waals surface area contributed by atoms with Crippen molar-refractivity contribution in [2.45, 2.75) is 38.4 Å². The van der Waals surface area contributed by atoms with E-state index in [1.807, 2.05) is 31.2 Å². The second-order valence-electron chi connectivity index (χ2n) is 6.07. The van der Waals surface area contributed by atoms with E-state index in [1.165, 1.54) is 17.7 Å². The van der Waals surface area contributed by atoms with Gasteiger partial charge in [0.05, 0.1) is 0 Å². The van der Waals surface area contributed by atoms with Crippen LogP contribution in [0.15, 0.2) is 48.5 Å². The smallest absolute Gasteiger partial charge is 0.241 e. The molecule has 0 bridgehead atoms. The summed E-state index contributed by atoms with van der Waals surface area (Å²) in [5, 5.41) is 6.33. The molecule has 0 saturated heterocycles. The van der Waals surface area contributed by atoms with Gasteiger partial charge in [-0.2, -0.15) is 0 Å². The highest BCUT2D eigenvalue weighted by Crippen LogP contribution is 2.22. The molecule has 0 heterocycles. The molecule has 0 spiro atoms. The van der Waals surface area contributed by atoms with Crippen molar-refractivity contribution in [3.63, 3.8) is 0 Å². The fraction of sp³-hybridized carbons (Fsp3) is 0.316. The van der Waals surface area contributed by atoms with Crippen molar-refractivity contribution in [1.29, 1.82) is 0 Å². The van der Waals surface area contributed by atoms with E-state index in [0.29, 0.717) is 12.6 Å². The summed E-state index contributed by atoms with van der Waals surface area (Å²) in [5.41, 5.74) is 3.11. The topological polar surface area (TPSA) is 41.1 Å². The Kier molecular flexibility index (Phi) is 4.72. The van der Waals surface area contributed by atoms with Crippen LogP contribution in [0, 0.1) is 12.7 Å². The van der Waals surface area contributed by atoms with Gasteiger partial charge < -0.3 is 5.32 Å². The van der Waals surface area contributed by atoms with E-state index >= 15 is 0 Å². The molecule has 1 fully saturated rings. The molecule has 3 nitrogen and oxygen atoms in total. The quantitative estimate of drug-likeness (QED) is 0.860. The summed E-state index contributed by atoms with van der Waals surface area (Å²) in [6.45, 7) is 2.64. The summed E-state index contributed by atoms with van der Waals surface area (Å²) < 4.78 is 13.2. The Morgan fingerprint density at radius 1 is 1.17 bits per heavy atom. The maximum atomic E-state index is 13.2. The predicted molar refractivity (Wildman–Crippen MR) is 88.3 cm³/mol. The van der Waals surface area contributed by atoms with Crippen molar-refractivity contribution in [2.24, 2.45) is 0 Å². The van der Waals surface area contributed by atoms with Gasteiger partial charge in [0.1, 0.15) is 11.9 Å². The molecule has 0 aliphatic heterocycles. The van der Waals surface area contributed by atoms with E-state index < -0.39 is 6.04 Å². The highest BCUT2D eigenvalue weighted by molar-refractivity contribution is 5.83. The fourth-order valence-electron chi connectivity index (χ4n) is 2.55. The third kappa shape index (κ3) is 4.17. The zero-order valence-electron chi connectivity index (χ0n) is 13.2. The number of amides is 1. The number of halogens is 1. The molecule has 0 radical (unpaired) electrons. The average molecular weight is 312 g/mol. The summed E-state index contributed by atoms with van der Waals surface area (Å²) in [6, 6.07) is 14.0. The average Bonchev–Trinajstić information content (AvgIpc) is 3.35. The molecule has 23 heavy (non-hydrogen) atoms. The minimum Gasteiger partial charge on any atom is -0.352 e. The van der Waals surface area contributed by atoms with Crippen LogP contribution in [0.3, 0.4) is 0 Å². The van der Waals surface area contributed by atoms with Crippen molar-refractivity contribution in [1.82, 2.24) is 10.6 Å². The molecular formula is C19H21FN2O. The summed E-state index contributed by atoms with van der Waals surface area (Å²) in [7, 11) is 0. The van der Waals surface area contributed by atoms with Gasteiger partial charge in [0.25, 0.3) is 0 Å². The molecule has 2 aromatic carbocycles. The highest BCUT2D eigenvalue weighted by Gasteiger charge is 2.28. The van der Waals surface area contributed by atoms with Crippen molar-refractivity contribution in [2.75, 3.05) is 0 Å². The molecular weight excluding hydrogens is 291 g/mol. The minimum absolute atomic E-state index is 0.0484. The van der Waals surface area contributed by atoms with E-state index in [0.717, 1.165) is 24.0 Å². The SMILES string of the molecule is Cc1ccccc1CNC(C(=O)NC1CC1)c1ccc(F)cc1. The van der Waals surface area contributed by atoms with E-state index in [-0.39, 0.29) is 11.7 Å². The second-order valence-corrected chi connectivity index (χ2v) is 6.07. The van der Waals surface area contributed by atoms with Crippen LogP contribution >= 0.6 is 0 Å². The molecule has 1 atom stereocenters. The summed E-state index contributed by atoms with van der Waals surface area (Å²) >= 11 is 0. The van der Waals surface area contributed by atoms with Crippen LogP contribution in [0.25, 0.3) is 0 Å². The Balaban J connectivity index is 1.75. The van der Waals surface area contributed by atoms with Gasteiger partial charge in [-0.05, 0) is 48.6 Å². The van der Waals surface area contributed by atoms with Crippen molar-refractivity contribution >= 4 is 5.91 Å². The van der Waals surface area contributed by atoms with Crippen molar-refractivity contribution in [3.05, 3.63) is 71.0 Å². The number of hydrogen-bond donors (Lipinski definition) is 2. The number of carbonyl (C=O) groups excluding carboxylic acids is 1. The maximum absolute atomic E-state index is 13.2. The number of nitrogens with one attached hydrogen (secondary N) is 2. The lowest BCUT2D eigenvalue weighted by atomic mass is 10.0. The molecule has 4 heteroatoms. The standard InChI is InChI=1S/C19H21FN2O/c1-13-4-2-3-5-15(13)12-21-18(19(23)22-17-10-11-17)14-6-8-16(20)9-7-14/h2-9,17-18,21H,10-12H2,1H3,(H,22,23). The Morgan fingerprint density at radius 2 is 1.87 bits per heavy atom. The molecule has 120 valence electrons. The molecule has 1 amide bonds. The van der Waals surface area contributed by atoms with Crippen LogP contribution in [0.5, 0.6) is 0 Å². The van der Waals surface area contributed by atoms with Crippen LogP contribution in [0.2, 0.25) is 0 Å². The van der Waals surface area contributed by atoms with Gasteiger partial charge >= 0.3 is 0 Å². The number of rotatable bonds is 6.